The average Bonchev–Trinajstić information content (AvgIpc) is 2.56. The van der Waals surface area contributed by atoms with E-state index in [1.165, 1.54) is 4.90 Å². The molecule has 0 atom stereocenters. The second kappa shape index (κ2) is 7.58. The number of halogens is 1. The molecule has 0 saturated heterocycles. The van der Waals surface area contributed by atoms with Gasteiger partial charge in [0.15, 0.2) is 5.78 Å². The summed E-state index contributed by atoms with van der Waals surface area (Å²) in [7, 11) is 0. The lowest BCUT2D eigenvalue weighted by molar-refractivity contribution is 0.101. The van der Waals surface area contributed by atoms with Crippen molar-refractivity contribution in [1.29, 1.82) is 0 Å². The molecule has 0 spiro atoms. The van der Waals surface area contributed by atoms with E-state index in [4.69, 9.17) is 4.74 Å². The van der Waals surface area contributed by atoms with Gasteiger partial charge in [0.05, 0.1) is 9.99 Å². The summed E-state index contributed by atoms with van der Waals surface area (Å²) in [6, 6.07) is 15.3. The molecule has 1 aromatic heterocycles. The van der Waals surface area contributed by atoms with E-state index in [1.807, 2.05) is 36.4 Å². The molecule has 0 amide bonds. The Morgan fingerprint density at radius 1 is 1.12 bits per heavy atom. The number of aromatic nitrogens is 1. The van der Waals surface area contributed by atoms with Gasteiger partial charge in [0.1, 0.15) is 5.75 Å². The molecule has 0 radical (unpaired) electrons. The Hall–Kier alpha value is -1.85. The molecule has 5 heteroatoms. The first kappa shape index (κ1) is 18.0. The number of ether oxygens (including phenoxy) is 1. The number of carbonyl (C=O) groups is 1. The van der Waals surface area contributed by atoms with E-state index >= 15 is 0 Å². The lowest BCUT2D eigenvalue weighted by Gasteiger charge is -2.10. The molecule has 128 valence electrons. The summed E-state index contributed by atoms with van der Waals surface area (Å²) in [6.07, 6.45) is 0. The number of benzene rings is 2. The monoisotopic (exact) mass is 415 g/mol. The minimum Gasteiger partial charge on any atom is -0.438 e. The molecule has 3 rings (SSSR count). The molecule has 0 saturated carbocycles. The quantitative estimate of drug-likeness (QED) is 0.352. The molecule has 0 bridgehead atoms. The molecule has 0 N–H and O–H groups in total. The van der Waals surface area contributed by atoms with E-state index in [9.17, 15) is 4.79 Å². The van der Waals surface area contributed by atoms with Crippen LogP contribution in [0.15, 0.2) is 57.9 Å². The minimum atomic E-state index is 0.0468. The van der Waals surface area contributed by atoms with Crippen LogP contribution in [0.2, 0.25) is 0 Å². The smallest absolute Gasteiger partial charge is 0.219 e. The molecule has 3 aromatic rings. The van der Waals surface area contributed by atoms with Crippen molar-refractivity contribution in [2.45, 2.75) is 30.9 Å². The number of rotatable bonds is 5. The van der Waals surface area contributed by atoms with E-state index in [2.05, 4.69) is 40.8 Å². The first-order valence-corrected chi connectivity index (χ1v) is 9.65. The lowest BCUT2D eigenvalue weighted by atomic mass is 10.1. The number of Topliss-reactive ketones (excluding diaryl/α,β-unsaturated/α-hetero) is 1. The van der Waals surface area contributed by atoms with Crippen LogP contribution in [0, 0.1) is 0 Å². The van der Waals surface area contributed by atoms with Crippen molar-refractivity contribution in [3.8, 4) is 11.6 Å². The third-order valence-electron chi connectivity index (χ3n) is 3.56. The summed E-state index contributed by atoms with van der Waals surface area (Å²) in [5.74, 6) is 1.29. The predicted molar refractivity (Wildman–Crippen MR) is 107 cm³/mol. The van der Waals surface area contributed by atoms with Crippen molar-refractivity contribution in [1.82, 2.24) is 4.98 Å². The van der Waals surface area contributed by atoms with E-state index < -0.39 is 0 Å². The van der Waals surface area contributed by atoms with E-state index in [-0.39, 0.29) is 5.78 Å². The Bertz CT molecular complexity index is 940. The summed E-state index contributed by atoms with van der Waals surface area (Å²) in [5.41, 5.74) is 1.48. The Balaban J connectivity index is 1.85. The second-order valence-electron chi connectivity index (χ2n) is 5.97. The maximum atomic E-state index is 11.5. The van der Waals surface area contributed by atoms with Crippen molar-refractivity contribution >= 4 is 44.4 Å². The van der Waals surface area contributed by atoms with Gasteiger partial charge in [-0.2, -0.15) is 0 Å². The molecule has 0 aliphatic heterocycles. The molecule has 2 aromatic carbocycles. The number of pyridine rings is 1. The van der Waals surface area contributed by atoms with Gasteiger partial charge in [-0.1, -0.05) is 13.8 Å². The number of hydrogen-bond donors (Lipinski definition) is 0. The lowest BCUT2D eigenvalue weighted by Crippen LogP contribution is -1.93. The van der Waals surface area contributed by atoms with Gasteiger partial charge in [0.25, 0.3) is 0 Å². The number of fused-ring (bicyclic) bond motifs is 1. The van der Waals surface area contributed by atoms with Crippen LogP contribution in [0.4, 0.5) is 0 Å². The molecular formula is C20H18BrNO2S. The third kappa shape index (κ3) is 4.41. The van der Waals surface area contributed by atoms with Gasteiger partial charge >= 0.3 is 0 Å². The van der Waals surface area contributed by atoms with E-state index in [0.717, 1.165) is 21.1 Å². The summed E-state index contributed by atoms with van der Waals surface area (Å²) in [5, 5.41) is 1.45. The summed E-state index contributed by atoms with van der Waals surface area (Å²) in [6.45, 7) is 5.89. The Labute approximate surface area is 159 Å². The molecular weight excluding hydrogens is 398 g/mol. The highest BCUT2D eigenvalue weighted by atomic mass is 79.9. The predicted octanol–water partition coefficient (Wildman–Crippen LogP) is 6.49. The van der Waals surface area contributed by atoms with Gasteiger partial charge in [0.2, 0.25) is 5.88 Å². The van der Waals surface area contributed by atoms with E-state index in [1.54, 1.807) is 24.8 Å². The largest absolute Gasteiger partial charge is 0.438 e. The summed E-state index contributed by atoms with van der Waals surface area (Å²) >= 11 is 5.37. The van der Waals surface area contributed by atoms with Crippen LogP contribution >= 0.6 is 27.7 Å². The van der Waals surface area contributed by atoms with Gasteiger partial charge in [-0.3, -0.25) is 4.79 Å². The fourth-order valence-corrected chi connectivity index (χ4v) is 3.89. The molecule has 1 heterocycles. The Morgan fingerprint density at radius 3 is 2.60 bits per heavy atom. The molecule has 3 nitrogen and oxygen atoms in total. The van der Waals surface area contributed by atoms with Crippen LogP contribution in [0.5, 0.6) is 11.6 Å². The Morgan fingerprint density at radius 2 is 1.92 bits per heavy atom. The zero-order chi connectivity index (χ0) is 18.0. The first-order chi connectivity index (χ1) is 11.9. The highest BCUT2D eigenvalue weighted by molar-refractivity contribution is 9.10. The van der Waals surface area contributed by atoms with Gasteiger partial charge in [-0.15, -0.1) is 11.8 Å². The fraction of sp³-hybridized carbons (Fsp3) is 0.200. The number of nitrogens with zero attached hydrogens (tertiary/aromatic N) is 1. The molecule has 0 fully saturated rings. The maximum Gasteiger partial charge on any atom is 0.219 e. The topological polar surface area (TPSA) is 39.2 Å². The standard InChI is InChI=1S/C20H18BrNO2S/c1-12(2)25-16-6-8-19(17(21)11-16)24-20-9-5-15-10-14(13(3)23)4-7-18(15)22-20/h4-12H,1-3H3. The Kier molecular flexibility index (Phi) is 5.45. The number of thioether (sulfide) groups is 1. The highest BCUT2D eigenvalue weighted by Crippen LogP contribution is 2.34. The van der Waals surface area contributed by atoms with Gasteiger partial charge < -0.3 is 4.74 Å². The third-order valence-corrected chi connectivity index (χ3v) is 5.18. The van der Waals surface area contributed by atoms with Crippen molar-refractivity contribution in [2.75, 3.05) is 0 Å². The summed E-state index contributed by atoms with van der Waals surface area (Å²) < 4.78 is 6.82. The molecule has 0 aliphatic rings. The SMILES string of the molecule is CC(=O)c1ccc2nc(Oc3ccc(SC(C)C)cc3Br)ccc2c1. The van der Waals surface area contributed by atoms with Crippen LogP contribution < -0.4 is 4.74 Å². The second-order valence-corrected chi connectivity index (χ2v) is 8.48. The summed E-state index contributed by atoms with van der Waals surface area (Å²) in [4.78, 5) is 17.2. The molecule has 25 heavy (non-hydrogen) atoms. The van der Waals surface area contributed by atoms with Gasteiger partial charge in [0, 0.05) is 27.2 Å². The number of hydrogen-bond acceptors (Lipinski definition) is 4. The zero-order valence-corrected chi connectivity index (χ0v) is 16.6. The van der Waals surface area contributed by atoms with Gasteiger partial charge in [-0.05, 0) is 65.3 Å². The van der Waals surface area contributed by atoms with Crippen molar-refractivity contribution in [3.63, 3.8) is 0 Å². The van der Waals surface area contributed by atoms with Crippen molar-refractivity contribution in [2.24, 2.45) is 0 Å². The normalized spacial score (nSPS) is 11.1. The maximum absolute atomic E-state index is 11.5. The van der Waals surface area contributed by atoms with Gasteiger partial charge in [-0.25, -0.2) is 4.98 Å². The minimum absolute atomic E-state index is 0.0468. The molecule has 0 aliphatic carbocycles. The molecule has 0 unspecified atom stereocenters. The van der Waals surface area contributed by atoms with Crippen LogP contribution in [-0.4, -0.2) is 16.0 Å². The average molecular weight is 416 g/mol. The van der Waals surface area contributed by atoms with Crippen LogP contribution in [-0.2, 0) is 0 Å². The number of ketones is 1. The van der Waals surface area contributed by atoms with E-state index in [0.29, 0.717) is 16.7 Å². The van der Waals surface area contributed by atoms with Crippen LogP contribution in [0.25, 0.3) is 10.9 Å². The first-order valence-electron chi connectivity index (χ1n) is 7.98. The van der Waals surface area contributed by atoms with Crippen molar-refractivity contribution < 1.29 is 9.53 Å². The van der Waals surface area contributed by atoms with Crippen LogP contribution in [0.3, 0.4) is 0 Å². The van der Waals surface area contributed by atoms with Crippen molar-refractivity contribution in [3.05, 3.63) is 58.6 Å². The highest BCUT2D eigenvalue weighted by Gasteiger charge is 2.08. The zero-order valence-electron chi connectivity index (χ0n) is 14.2. The number of carbonyl (C=O) groups excluding carboxylic acids is 1. The fourth-order valence-electron chi connectivity index (χ4n) is 2.41. The van der Waals surface area contributed by atoms with Crippen LogP contribution in [0.1, 0.15) is 31.1 Å².